The van der Waals surface area contributed by atoms with Crippen molar-refractivity contribution in [1.82, 2.24) is 5.32 Å². The third-order valence-corrected chi connectivity index (χ3v) is 9.06. The Hall–Kier alpha value is -4.31. The molecule has 1 amide bonds. The van der Waals surface area contributed by atoms with E-state index in [0.29, 0.717) is 25.7 Å². The van der Waals surface area contributed by atoms with E-state index in [2.05, 4.69) is 5.32 Å². The molecule has 0 heterocycles. The number of aliphatic carboxylic acids is 1. The van der Waals surface area contributed by atoms with Crippen LogP contribution in [-0.2, 0) is 53.0 Å². The second-order valence-electron chi connectivity index (χ2n) is 10.9. The number of esters is 1. The zero-order chi connectivity index (χ0) is 32.0. The van der Waals surface area contributed by atoms with Crippen molar-refractivity contribution in [2.24, 2.45) is 11.8 Å². The molecular weight excluding hydrogens is 582 g/mol. The van der Waals surface area contributed by atoms with E-state index in [1.165, 1.54) is 6.92 Å². The molecule has 0 bridgehead atoms. The molecule has 0 fully saturated rings. The van der Waals surface area contributed by atoms with Gasteiger partial charge in [-0.2, -0.15) is 0 Å². The average molecular weight is 622 g/mol. The lowest BCUT2D eigenvalue weighted by atomic mass is 9.92. The molecule has 44 heavy (non-hydrogen) atoms. The number of amides is 1. The minimum Gasteiger partial charge on any atom is -0.481 e. The van der Waals surface area contributed by atoms with Crippen LogP contribution in [0.1, 0.15) is 36.5 Å². The number of carboxylic acids is 1. The van der Waals surface area contributed by atoms with Gasteiger partial charge in [-0.15, -0.1) is 0 Å². The summed E-state index contributed by atoms with van der Waals surface area (Å²) in [5, 5.41) is 11.7. The van der Waals surface area contributed by atoms with Crippen molar-refractivity contribution >= 4 is 33.5 Å². The topological polar surface area (TPSA) is 144 Å². The summed E-state index contributed by atoms with van der Waals surface area (Å²) < 4.78 is 30.6. The molecule has 0 saturated carbocycles. The summed E-state index contributed by atoms with van der Waals surface area (Å²) in [7, 11) is -3.59. The number of carbonyl (C=O) groups is 4. The van der Waals surface area contributed by atoms with Crippen LogP contribution in [0.5, 0.6) is 0 Å². The molecule has 2 unspecified atom stereocenters. The fourth-order valence-corrected chi connectivity index (χ4v) is 6.48. The minimum absolute atomic E-state index is 0.111. The molecule has 3 aromatic rings. The Morgan fingerprint density at radius 3 is 1.80 bits per heavy atom. The van der Waals surface area contributed by atoms with E-state index in [1.807, 2.05) is 91.0 Å². The van der Waals surface area contributed by atoms with Gasteiger partial charge in [-0.1, -0.05) is 97.9 Å². The smallest absolute Gasteiger partial charge is 0.310 e. The predicted molar refractivity (Wildman–Crippen MR) is 167 cm³/mol. The Bertz CT molecular complexity index is 1440. The Morgan fingerprint density at radius 2 is 1.30 bits per heavy atom. The lowest BCUT2D eigenvalue weighted by Crippen LogP contribution is -2.47. The van der Waals surface area contributed by atoms with Crippen LogP contribution in [0.15, 0.2) is 91.0 Å². The number of carbonyl (C=O) groups excluding carboxylic acids is 3. The zero-order valence-corrected chi connectivity index (χ0v) is 25.6. The van der Waals surface area contributed by atoms with Gasteiger partial charge in [0.2, 0.25) is 5.91 Å². The van der Waals surface area contributed by atoms with Crippen molar-refractivity contribution in [2.75, 3.05) is 18.1 Å². The van der Waals surface area contributed by atoms with Crippen LogP contribution in [0.25, 0.3) is 0 Å². The maximum Gasteiger partial charge on any atom is 0.310 e. The highest BCUT2D eigenvalue weighted by Gasteiger charge is 2.30. The van der Waals surface area contributed by atoms with Crippen LogP contribution in [-0.4, -0.2) is 61.3 Å². The summed E-state index contributed by atoms with van der Waals surface area (Å²) in [6, 6.07) is 26.7. The van der Waals surface area contributed by atoms with E-state index in [1.54, 1.807) is 0 Å². The fourth-order valence-electron chi connectivity index (χ4n) is 4.81. The Balaban J connectivity index is 1.57. The number of benzene rings is 3. The van der Waals surface area contributed by atoms with Gasteiger partial charge in [-0.25, -0.2) is 8.42 Å². The van der Waals surface area contributed by atoms with Gasteiger partial charge in [0, 0.05) is 5.92 Å². The standard InChI is InChI=1S/C34H39NO8S/c1-25(24-44(41,42)19-11-18-26-12-5-2-6-13-26)33(39)35-30(22-32(37)38)31(36)23-43-34(40)29(20-27-14-7-3-8-15-27)21-28-16-9-4-10-17-28/h2-10,12-17,25,29-30H,11,18-24H2,1H3,(H,35,39)(H,37,38). The van der Waals surface area contributed by atoms with Crippen molar-refractivity contribution in [3.63, 3.8) is 0 Å². The quantitative estimate of drug-likeness (QED) is 0.204. The number of nitrogens with one attached hydrogen (secondary N) is 1. The van der Waals surface area contributed by atoms with Gasteiger partial charge in [0.05, 0.1) is 23.8 Å². The molecule has 9 nitrogen and oxygen atoms in total. The van der Waals surface area contributed by atoms with E-state index in [4.69, 9.17) is 4.74 Å². The molecule has 0 aliphatic carbocycles. The lowest BCUT2D eigenvalue weighted by molar-refractivity contribution is -0.153. The van der Waals surface area contributed by atoms with Gasteiger partial charge in [0.25, 0.3) is 0 Å². The number of hydrogen-bond acceptors (Lipinski definition) is 7. The molecule has 2 N–H and O–H groups in total. The zero-order valence-electron chi connectivity index (χ0n) is 24.8. The number of Topliss-reactive ketones (excluding diaryl/α,β-unsaturated/α-hetero) is 1. The minimum atomic E-state index is -3.59. The van der Waals surface area contributed by atoms with Gasteiger partial charge in [-0.3, -0.25) is 19.2 Å². The van der Waals surface area contributed by atoms with Crippen LogP contribution >= 0.6 is 0 Å². The van der Waals surface area contributed by atoms with Crippen molar-refractivity contribution in [2.45, 2.75) is 45.1 Å². The largest absolute Gasteiger partial charge is 0.481 e. The number of hydrogen-bond donors (Lipinski definition) is 2. The average Bonchev–Trinajstić information content (AvgIpc) is 3.00. The molecule has 3 aromatic carbocycles. The molecule has 10 heteroatoms. The lowest BCUT2D eigenvalue weighted by Gasteiger charge is -2.20. The predicted octanol–water partition coefficient (Wildman–Crippen LogP) is 3.84. The number of carboxylic acid groups (broad SMARTS) is 1. The highest BCUT2D eigenvalue weighted by molar-refractivity contribution is 7.91. The Morgan fingerprint density at radius 1 is 0.795 bits per heavy atom. The number of ether oxygens (including phenoxy) is 1. The maximum absolute atomic E-state index is 13.1. The first-order chi connectivity index (χ1) is 21.0. The number of rotatable bonds is 18. The molecule has 0 aliphatic heterocycles. The van der Waals surface area contributed by atoms with E-state index in [0.717, 1.165) is 16.7 Å². The Kier molecular flexibility index (Phi) is 13.3. The molecular formula is C34H39NO8S. The number of aryl methyl sites for hydroxylation is 1. The van der Waals surface area contributed by atoms with Gasteiger partial charge in [-0.05, 0) is 42.4 Å². The van der Waals surface area contributed by atoms with E-state index >= 15 is 0 Å². The first-order valence-electron chi connectivity index (χ1n) is 14.6. The molecule has 3 rings (SSSR count). The highest BCUT2D eigenvalue weighted by Crippen LogP contribution is 2.17. The number of ketones is 1. The van der Waals surface area contributed by atoms with Gasteiger partial charge >= 0.3 is 11.9 Å². The second kappa shape index (κ2) is 17.1. The third-order valence-electron chi connectivity index (χ3n) is 7.14. The van der Waals surface area contributed by atoms with Gasteiger partial charge in [0.1, 0.15) is 6.04 Å². The van der Waals surface area contributed by atoms with Crippen LogP contribution in [0.4, 0.5) is 0 Å². The normalized spacial score (nSPS) is 12.7. The first-order valence-corrected chi connectivity index (χ1v) is 16.4. The second-order valence-corrected chi connectivity index (χ2v) is 13.1. The Labute approximate surface area is 258 Å². The van der Waals surface area contributed by atoms with Crippen molar-refractivity contribution < 1.29 is 37.4 Å². The van der Waals surface area contributed by atoms with E-state index in [-0.39, 0.29) is 5.75 Å². The van der Waals surface area contributed by atoms with Gasteiger partial charge in [0.15, 0.2) is 22.2 Å². The summed E-state index contributed by atoms with van der Waals surface area (Å²) in [5.74, 6) is -5.73. The molecule has 0 spiro atoms. The van der Waals surface area contributed by atoms with Crippen LogP contribution in [0, 0.1) is 11.8 Å². The third kappa shape index (κ3) is 12.1. The van der Waals surface area contributed by atoms with E-state index < -0.39 is 70.1 Å². The fraction of sp³-hybridized carbons (Fsp3) is 0.353. The van der Waals surface area contributed by atoms with Crippen LogP contribution < -0.4 is 5.32 Å². The summed E-state index contributed by atoms with van der Waals surface area (Å²) in [6.45, 7) is 0.674. The summed E-state index contributed by atoms with van der Waals surface area (Å²) >= 11 is 0. The monoisotopic (exact) mass is 621 g/mol. The number of sulfone groups is 1. The highest BCUT2D eigenvalue weighted by atomic mass is 32.2. The molecule has 0 saturated heterocycles. The molecule has 0 radical (unpaired) electrons. The van der Waals surface area contributed by atoms with Crippen LogP contribution in [0.2, 0.25) is 0 Å². The van der Waals surface area contributed by atoms with E-state index in [9.17, 15) is 32.7 Å². The first kappa shape index (κ1) is 34.2. The van der Waals surface area contributed by atoms with Crippen molar-refractivity contribution in [3.8, 4) is 0 Å². The summed E-state index contributed by atoms with van der Waals surface area (Å²) in [4.78, 5) is 50.4. The summed E-state index contributed by atoms with van der Waals surface area (Å²) in [5.41, 5.74) is 2.84. The SMILES string of the molecule is CC(CS(=O)(=O)CCCc1ccccc1)C(=O)NC(CC(=O)O)C(=O)COC(=O)C(Cc1ccccc1)Cc1ccccc1. The molecule has 0 aromatic heterocycles. The molecule has 2 atom stereocenters. The maximum atomic E-state index is 13.1. The molecule has 0 aliphatic rings. The van der Waals surface area contributed by atoms with Crippen molar-refractivity contribution in [3.05, 3.63) is 108 Å². The van der Waals surface area contributed by atoms with Crippen molar-refractivity contribution in [1.29, 1.82) is 0 Å². The van der Waals surface area contributed by atoms with Gasteiger partial charge < -0.3 is 15.2 Å². The van der Waals surface area contributed by atoms with Crippen LogP contribution in [0.3, 0.4) is 0 Å². The molecule has 234 valence electrons. The summed E-state index contributed by atoms with van der Waals surface area (Å²) in [6.07, 6.45) is 0.967.